The standard InChI is InChI=1S/C11H12BrClN2O3/c1-5-2-6(12)9(3-7(5)13)15-11(18)8(14)4-10(16)17/h2-3,8H,4,14H2,1H3,(H,15,18)(H,16,17). The predicted octanol–water partition coefficient (Wildman–Crippen LogP) is 2.15. The summed E-state index contributed by atoms with van der Waals surface area (Å²) in [6.07, 6.45) is -0.428. The number of hydrogen-bond donors (Lipinski definition) is 3. The van der Waals surface area contributed by atoms with E-state index in [1.807, 2.05) is 6.92 Å². The first kappa shape index (κ1) is 14.9. The van der Waals surface area contributed by atoms with Crippen molar-refractivity contribution < 1.29 is 14.7 Å². The van der Waals surface area contributed by atoms with Crippen molar-refractivity contribution in [2.45, 2.75) is 19.4 Å². The van der Waals surface area contributed by atoms with Gasteiger partial charge < -0.3 is 16.2 Å². The molecule has 1 aromatic rings. The lowest BCUT2D eigenvalue weighted by Gasteiger charge is -2.12. The van der Waals surface area contributed by atoms with Crippen molar-refractivity contribution in [3.8, 4) is 0 Å². The van der Waals surface area contributed by atoms with E-state index in [1.165, 1.54) is 0 Å². The van der Waals surface area contributed by atoms with Gasteiger partial charge in [-0.05, 0) is 40.5 Å². The lowest BCUT2D eigenvalue weighted by molar-refractivity contribution is -0.138. The predicted molar refractivity (Wildman–Crippen MR) is 72.7 cm³/mol. The number of amides is 1. The number of nitrogens with two attached hydrogens (primary N) is 1. The molecule has 1 aromatic carbocycles. The number of carboxylic acid groups (broad SMARTS) is 1. The van der Waals surface area contributed by atoms with Crippen LogP contribution in [0.1, 0.15) is 12.0 Å². The van der Waals surface area contributed by atoms with E-state index in [0.717, 1.165) is 5.56 Å². The van der Waals surface area contributed by atoms with Gasteiger partial charge in [-0.15, -0.1) is 0 Å². The van der Waals surface area contributed by atoms with Crippen LogP contribution in [-0.2, 0) is 9.59 Å². The second-order valence-electron chi connectivity index (χ2n) is 3.77. The Bertz CT molecular complexity index is 493. The Hall–Kier alpha value is -1.11. The molecule has 0 bridgehead atoms. The molecule has 0 spiro atoms. The minimum Gasteiger partial charge on any atom is -0.481 e. The van der Waals surface area contributed by atoms with Gasteiger partial charge in [-0.25, -0.2) is 0 Å². The smallest absolute Gasteiger partial charge is 0.305 e. The van der Waals surface area contributed by atoms with Gasteiger partial charge in [-0.3, -0.25) is 9.59 Å². The van der Waals surface area contributed by atoms with Crippen LogP contribution in [0.4, 0.5) is 5.69 Å². The van der Waals surface area contributed by atoms with Gasteiger partial charge >= 0.3 is 5.97 Å². The molecule has 0 fully saturated rings. The quantitative estimate of drug-likeness (QED) is 0.786. The fraction of sp³-hybridized carbons (Fsp3) is 0.273. The third-order valence-corrected chi connectivity index (χ3v) is 3.30. The molecule has 0 saturated heterocycles. The number of anilines is 1. The number of halogens is 2. The molecule has 1 atom stereocenters. The van der Waals surface area contributed by atoms with Crippen LogP contribution in [0.2, 0.25) is 5.02 Å². The topological polar surface area (TPSA) is 92.4 Å². The minimum atomic E-state index is -1.13. The lowest BCUT2D eigenvalue weighted by atomic mass is 10.2. The maximum absolute atomic E-state index is 11.6. The first-order valence-corrected chi connectivity index (χ1v) is 6.22. The molecule has 1 amide bonds. The van der Waals surface area contributed by atoms with Crippen molar-refractivity contribution in [2.24, 2.45) is 5.73 Å². The summed E-state index contributed by atoms with van der Waals surface area (Å²) in [5, 5.41) is 11.6. The van der Waals surface area contributed by atoms with Gasteiger partial charge in [0.25, 0.3) is 0 Å². The zero-order chi connectivity index (χ0) is 13.9. The van der Waals surface area contributed by atoms with Gasteiger partial charge in [-0.2, -0.15) is 0 Å². The summed E-state index contributed by atoms with van der Waals surface area (Å²) < 4.78 is 0.653. The molecule has 4 N–H and O–H groups in total. The molecule has 1 rings (SSSR count). The number of benzene rings is 1. The highest BCUT2D eigenvalue weighted by molar-refractivity contribution is 9.10. The van der Waals surface area contributed by atoms with E-state index in [2.05, 4.69) is 21.2 Å². The second kappa shape index (κ2) is 6.17. The molecule has 0 saturated carbocycles. The summed E-state index contributed by atoms with van der Waals surface area (Å²) >= 11 is 9.21. The Kier molecular flexibility index (Phi) is 5.13. The Morgan fingerprint density at radius 2 is 2.17 bits per heavy atom. The van der Waals surface area contributed by atoms with Crippen LogP contribution in [0, 0.1) is 6.92 Å². The summed E-state index contributed by atoms with van der Waals surface area (Å²) in [5.74, 6) is -1.70. The number of hydrogen-bond acceptors (Lipinski definition) is 3. The lowest BCUT2D eigenvalue weighted by Crippen LogP contribution is -2.37. The molecule has 0 heterocycles. The van der Waals surface area contributed by atoms with E-state index in [4.69, 9.17) is 22.4 Å². The minimum absolute atomic E-state index is 0.428. The molecule has 0 aliphatic rings. The summed E-state index contributed by atoms with van der Waals surface area (Å²) in [4.78, 5) is 22.1. The van der Waals surface area contributed by atoms with Crippen LogP contribution < -0.4 is 11.1 Å². The van der Waals surface area contributed by atoms with E-state index in [0.29, 0.717) is 15.2 Å². The zero-order valence-corrected chi connectivity index (χ0v) is 11.9. The highest BCUT2D eigenvalue weighted by Gasteiger charge is 2.18. The average Bonchev–Trinajstić information content (AvgIpc) is 2.24. The molecule has 0 aliphatic carbocycles. The molecule has 5 nitrogen and oxygen atoms in total. The Labute approximate surface area is 117 Å². The molecule has 0 aliphatic heterocycles. The van der Waals surface area contributed by atoms with Gasteiger partial charge in [0.05, 0.1) is 18.2 Å². The van der Waals surface area contributed by atoms with E-state index in [1.54, 1.807) is 12.1 Å². The Balaban J connectivity index is 2.82. The molecule has 0 aromatic heterocycles. The van der Waals surface area contributed by atoms with Gasteiger partial charge in [0, 0.05) is 9.50 Å². The molecule has 7 heteroatoms. The van der Waals surface area contributed by atoms with Crippen molar-refractivity contribution in [3.63, 3.8) is 0 Å². The molecular formula is C11H12BrClN2O3. The Morgan fingerprint density at radius 1 is 1.56 bits per heavy atom. The number of nitrogens with one attached hydrogen (secondary N) is 1. The van der Waals surface area contributed by atoms with Gasteiger partial charge in [-0.1, -0.05) is 11.6 Å². The van der Waals surface area contributed by atoms with Crippen molar-refractivity contribution in [3.05, 3.63) is 27.2 Å². The third kappa shape index (κ3) is 3.97. The molecule has 1 unspecified atom stereocenters. The molecular weight excluding hydrogens is 323 g/mol. The van der Waals surface area contributed by atoms with Crippen LogP contribution in [0.3, 0.4) is 0 Å². The molecule has 98 valence electrons. The van der Waals surface area contributed by atoms with E-state index >= 15 is 0 Å². The first-order valence-electron chi connectivity index (χ1n) is 5.05. The summed E-state index contributed by atoms with van der Waals surface area (Å²) in [5.41, 5.74) is 6.76. The maximum Gasteiger partial charge on any atom is 0.305 e. The van der Waals surface area contributed by atoms with Crippen molar-refractivity contribution in [1.82, 2.24) is 0 Å². The monoisotopic (exact) mass is 334 g/mol. The van der Waals surface area contributed by atoms with E-state index in [-0.39, 0.29) is 0 Å². The fourth-order valence-electron chi connectivity index (χ4n) is 1.25. The second-order valence-corrected chi connectivity index (χ2v) is 5.04. The van der Waals surface area contributed by atoms with Gasteiger partial charge in [0.15, 0.2) is 0 Å². The van der Waals surface area contributed by atoms with E-state index < -0.39 is 24.3 Å². The zero-order valence-electron chi connectivity index (χ0n) is 9.54. The van der Waals surface area contributed by atoms with Gasteiger partial charge in [0.2, 0.25) is 5.91 Å². The van der Waals surface area contributed by atoms with Crippen LogP contribution in [0.25, 0.3) is 0 Å². The summed E-state index contributed by atoms with van der Waals surface area (Å²) in [7, 11) is 0. The number of carbonyl (C=O) groups is 2. The number of carbonyl (C=O) groups excluding carboxylic acids is 1. The van der Waals surface area contributed by atoms with Crippen LogP contribution in [0.5, 0.6) is 0 Å². The number of carboxylic acids is 1. The number of aliphatic carboxylic acids is 1. The number of aryl methyl sites for hydroxylation is 1. The number of rotatable bonds is 4. The SMILES string of the molecule is Cc1cc(Br)c(NC(=O)C(N)CC(=O)O)cc1Cl. The first-order chi connectivity index (χ1) is 8.31. The molecule has 18 heavy (non-hydrogen) atoms. The van der Waals surface area contributed by atoms with Gasteiger partial charge in [0.1, 0.15) is 0 Å². The highest BCUT2D eigenvalue weighted by Crippen LogP contribution is 2.29. The summed E-state index contributed by atoms with van der Waals surface area (Å²) in [6.45, 7) is 1.83. The van der Waals surface area contributed by atoms with Crippen LogP contribution >= 0.6 is 27.5 Å². The highest BCUT2D eigenvalue weighted by atomic mass is 79.9. The summed E-state index contributed by atoms with van der Waals surface area (Å²) in [6, 6.07) is 2.22. The largest absolute Gasteiger partial charge is 0.481 e. The van der Waals surface area contributed by atoms with Crippen molar-refractivity contribution in [1.29, 1.82) is 0 Å². The van der Waals surface area contributed by atoms with Crippen LogP contribution in [-0.4, -0.2) is 23.0 Å². The Morgan fingerprint density at radius 3 is 2.72 bits per heavy atom. The third-order valence-electron chi connectivity index (χ3n) is 2.24. The average molecular weight is 336 g/mol. The van der Waals surface area contributed by atoms with Crippen molar-refractivity contribution >= 4 is 45.1 Å². The normalized spacial score (nSPS) is 12.0. The maximum atomic E-state index is 11.6. The van der Waals surface area contributed by atoms with E-state index in [9.17, 15) is 9.59 Å². The van der Waals surface area contributed by atoms with Crippen LogP contribution in [0.15, 0.2) is 16.6 Å². The fourth-order valence-corrected chi connectivity index (χ4v) is 1.97. The van der Waals surface area contributed by atoms with Crippen molar-refractivity contribution in [2.75, 3.05) is 5.32 Å². The molecule has 0 radical (unpaired) electrons.